The van der Waals surface area contributed by atoms with Crippen molar-refractivity contribution in [1.29, 1.82) is 0 Å². The first-order valence-electron chi connectivity index (χ1n) is 11.3. The first kappa shape index (κ1) is 21.2. The molecule has 1 saturated carbocycles. The van der Waals surface area contributed by atoms with E-state index < -0.39 is 0 Å². The predicted octanol–water partition coefficient (Wildman–Crippen LogP) is 3.68. The Balaban J connectivity index is 1.50. The summed E-state index contributed by atoms with van der Waals surface area (Å²) in [6, 6.07) is 0. The summed E-state index contributed by atoms with van der Waals surface area (Å²) in [6.07, 6.45) is 12.1. The van der Waals surface area contributed by atoms with Gasteiger partial charge in [0.2, 0.25) is 0 Å². The molecule has 0 bridgehead atoms. The van der Waals surface area contributed by atoms with Gasteiger partial charge in [-0.05, 0) is 44.4 Å². The zero-order chi connectivity index (χ0) is 19.8. The molecule has 0 spiro atoms. The molecule has 1 aliphatic heterocycles. The first-order chi connectivity index (χ1) is 13.7. The normalized spacial score (nSPS) is 19.7. The van der Waals surface area contributed by atoms with Crippen molar-refractivity contribution in [3.05, 3.63) is 18.2 Å². The maximum Gasteiger partial charge on any atom is 0.194 e. The summed E-state index contributed by atoms with van der Waals surface area (Å²) in [6.45, 7) is 12.1. The van der Waals surface area contributed by atoms with Crippen LogP contribution in [0.15, 0.2) is 17.4 Å². The Hall–Kier alpha value is -1.56. The highest BCUT2D eigenvalue weighted by atomic mass is 16.5. The summed E-state index contributed by atoms with van der Waals surface area (Å²) < 4.78 is 8.45. The fraction of sp³-hybridized carbons (Fsp3) is 0.818. The van der Waals surface area contributed by atoms with Gasteiger partial charge < -0.3 is 19.5 Å². The molecule has 2 fully saturated rings. The molecule has 1 saturated heterocycles. The minimum absolute atomic E-state index is 0.421. The number of hydrogen-bond donors (Lipinski definition) is 1. The molecule has 2 heterocycles. The van der Waals surface area contributed by atoms with Gasteiger partial charge in [-0.2, -0.15) is 0 Å². The Kier molecular flexibility index (Phi) is 8.19. The Morgan fingerprint density at radius 1 is 1.25 bits per heavy atom. The highest BCUT2D eigenvalue weighted by Crippen LogP contribution is 2.26. The van der Waals surface area contributed by atoms with Crippen LogP contribution in [0.3, 0.4) is 0 Å². The summed E-state index contributed by atoms with van der Waals surface area (Å²) in [4.78, 5) is 11.8. The van der Waals surface area contributed by atoms with E-state index >= 15 is 0 Å². The van der Waals surface area contributed by atoms with Crippen molar-refractivity contribution in [3.63, 3.8) is 0 Å². The lowest BCUT2D eigenvalue weighted by Crippen LogP contribution is -2.47. The van der Waals surface area contributed by atoms with E-state index in [1.807, 2.05) is 6.20 Å². The Labute approximate surface area is 170 Å². The van der Waals surface area contributed by atoms with Crippen LogP contribution in [0.1, 0.15) is 65.1 Å². The lowest BCUT2D eigenvalue weighted by Gasteiger charge is -2.34. The van der Waals surface area contributed by atoms with E-state index in [4.69, 9.17) is 9.73 Å². The molecule has 6 nitrogen and oxygen atoms in total. The van der Waals surface area contributed by atoms with Crippen molar-refractivity contribution >= 4 is 5.96 Å². The van der Waals surface area contributed by atoms with Crippen molar-refractivity contribution in [3.8, 4) is 0 Å². The molecule has 1 aromatic heterocycles. The molecule has 1 aliphatic carbocycles. The van der Waals surface area contributed by atoms with E-state index in [0.29, 0.717) is 18.6 Å². The molecule has 0 amide bonds. The standard InChI is InChI=1S/C22H39N5O/c1-4-23-22(25-15-21-24-11-14-27(21)16-18(2)3)26-12-9-20(10-13-26)28-17-19-7-5-6-8-19/h11,14,18-20H,4-10,12-13,15-17H2,1-3H3,(H,23,25). The number of aromatic nitrogens is 2. The van der Waals surface area contributed by atoms with Crippen LogP contribution >= 0.6 is 0 Å². The second kappa shape index (κ2) is 10.8. The third-order valence-electron chi connectivity index (χ3n) is 5.85. The van der Waals surface area contributed by atoms with Crippen LogP contribution in [-0.4, -0.2) is 52.8 Å². The number of aliphatic imine (C=N–C) groups is 1. The molecule has 1 N–H and O–H groups in total. The smallest absolute Gasteiger partial charge is 0.194 e. The number of nitrogens with zero attached hydrogens (tertiary/aromatic N) is 4. The van der Waals surface area contributed by atoms with Gasteiger partial charge in [0.25, 0.3) is 0 Å². The number of guanidine groups is 1. The monoisotopic (exact) mass is 389 g/mol. The zero-order valence-electron chi connectivity index (χ0n) is 18.1. The summed E-state index contributed by atoms with van der Waals surface area (Å²) >= 11 is 0. The van der Waals surface area contributed by atoms with Crippen LogP contribution in [-0.2, 0) is 17.8 Å². The summed E-state index contributed by atoms with van der Waals surface area (Å²) in [5.74, 6) is 3.47. The van der Waals surface area contributed by atoms with Crippen molar-refractivity contribution in [2.45, 2.75) is 78.5 Å². The lowest BCUT2D eigenvalue weighted by molar-refractivity contribution is 0.00101. The SMILES string of the molecule is CCNC(=NCc1nccn1CC(C)C)N1CCC(OCC2CCCC2)CC1. The van der Waals surface area contributed by atoms with Crippen molar-refractivity contribution in [2.75, 3.05) is 26.2 Å². The lowest BCUT2D eigenvalue weighted by atomic mass is 10.1. The average Bonchev–Trinajstić information content (AvgIpc) is 3.35. The van der Waals surface area contributed by atoms with Gasteiger partial charge in [0.15, 0.2) is 5.96 Å². The quantitative estimate of drug-likeness (QED) is 0.544. The van der Waals surface area contributed by atoms with Crippen molar-refractivity contribution in [1.82, 2.24) is 19.8 Å². The second-order valence-corrected chi connectivity index (χ2v) is 8.73. The van der Waals surface area contributed by atoms with Gasteiger partial charge in [-0.3, -0.25) is 0 Å². The topological polar surface area (TPSA) is 54.7 Å². The third kappa shape index (κ3) is 6.23. The summed E-state index contributed by atoms with van der Waals surface area (Å²) in [5.41, 5.74) is 0. The molecule has 0 unspecified atom stereocenters. The minimum Gasteiger partial charge on any atom is -0.378 e. The number of imidazole rings is 1. The van der Waals surface area contributed by atoms with Crippen LogP contribution in [0, 0.1) is 11.8 Å². The highest BCUT2D eigenvalue weighted by molar-refractivity contribution is 5.80. The van der Waals surface area contributed by atoms with Gasteiger partial charge in [-0.25, -0.2) is 9.98 Å². The predicted molar refractivity (Wildman–Crippen MR) is 114 cm³/mol. The third-order valence-corrected chi connectivity index (χ3v) is 5.85. The molecule has 1 aromatic rings. The van der Waals surface area contributed by atoms with Crippen molar-refractivity contribution in [2.24, 2.45) is 16.8 Å². The molecule has 0 aromatic carbocycles. The van der Waals surface area contributed by atoms with E-state index in [1.165, 1.54) is 25.7 Å². The van der Waals surface area contributed by atoms with E-state index in [9.17, 15) is 0 Å². The fourth-order valence-corrected chi connectivity index (χ4v) is 4.31. The summed E-state index contributed by atoms with van der Waals surface area (Å²) in [5, 5.41) is 3.46. The number of piperidine rings is 1. The van der Waals surface area contributed by atoms with Gasteiger partial charge >= 0.3 is 0 Å². The molecule has 0 radical (unpaired) electrons. The van der Waals surface area contributed by atoms with Gasteiger partial charge in [-0.15, -0.1) is 0 Å². The maximum atomic E-state index is 6.23. The first-order valence-corrected chi connectivity index (χ1v) is 11.3. The second-order valence-electron chi connectivity index (χ2n) is 8.73. The van der Waals surface area contributed by atoms with Crippen molar-refractivity contribution < 1.29 is 4.74 Å². The van der Waals surface area contributed by atoms with Crippen LogP contribution in [0.5, 0.6) is 0 Å². The maximum absolute atomic E-state index is 6.23. The van der Waals surface area contributed by atoms with Gasteiger partial charge in [0.1, 0.15) is 12.4 Å². The number of ether oxygens (including phenoxy) is 1. The van der Waals surface area contributed by atoms with Crippen LogP contribution < -0.4 is 5.32 Å². The summed E-state index contributed by atoms with van der Waals surface area (Å²) in [7, 11) is 0. The molecule has 3 rings (SSSR count). The van der Waals surface area contributed by atoms with E-state index in [1.54, 1.807) is 0 Å². The van der Waals surface area contributed by atoms with E-state index in [-0.39, 0.29) is 0 Å². The molecule has 28 heavy (non-hydrogen) atoms. The van der Waals surface area contributed by atoms with Gasteiger partial charge in [-0.1, -0.05) is 26.7 Å². The van der Waals surface area contributed by atoms with E-state index in [0.717, 1.165) is 63.3 Å². The number of likely N-dealkylation sites (tertiary alicyclic amines) is 1. The van der Waals surface area contributed by atoms with Gasteiger partial charge in [0.05, 0.1) is 6.10 Å². The average molecular weight is 390 g/mol. The highest BCUT2D eigenvalue weighted by Gasteiger charge is 2.24. The molecular weight excluding hydrogens is 350 g/mol. The molecular formula is C22H39N5O. The molecule has 2 aliphatic rings. The zero-order valence-corrected chi connectivity index (χ0v) is 18.1. The molecule has 0 atom stereocenters. The fourth-order valence-electron chi connectivity index (χ4n) is 4.31. The van der Waals surface area contributed by atoms with Crippen LogP contribution in [0.25, 0.3) is 0 Å². The number of nitrogens with one attached hydrogen (secondary N) is 1. The largest absolute Gasteiger partial charge is 0.378 e. The molecule has 158 valence electrons. The number of hydrogen-bond acceptors (Lipinski definition) is 3. The Morgan fingerprint density at radius 2 is 2.00 bits per heavy atom. The van der Waals surface area contributed by atoms with E-state index in [2.05, 4.69) is 46.7 Å². The Bertz CT molecular complexity index is 598. The van der Waals surface area contributed by atoms with Crippen LogP contribution in [0.4, 0.5) is 0 Å². The van der Waals surface area contributed by atoms with Crippen LogP contribution in [0.2, 0.25) is 0 Å². The number of rotatable bonds is 8. The molecule has 6 heteroatoms. The Morgan fingerprint density at radius 3 is 2.68 bits per heavy atom. The van der Waals surface area contributed by atoms with Gasteiger partial charge in [0, 0.05) is 45.2 Å². The minimum atomic E-state index is 0.421.